The summed E-state index contributed by atoms with van der Waals surface area (Å²) < 4.78 is 0. The van der Waals surface area contributed by atoms with Crippen LogP contribution in [0.15, 0.2) is 6.58 Å². The van der Waals surface area contributed by atoms with Crippen LogP contribution in [0.2, 0.25) is 0 Å². The maximum absolute atomic E-state index is 4.50. The van der Waals surface area contributed by atoms with Gasteiger partial charge >= 0.3 is 0 Å². The van der Waals surface area contributed by atoms with Crippen molar-refractivity contribution in [1.82, 2.24) is 15.1 Å². The van der Waals surface area contributed by atoms with Gasteiger partial charge in [-0.25, -0.2) is 0 Å². The highest BCUT2D eigenvalue weighted by Gasteiger charge is 2.40. The minimum absolute atomic E-state index is 0.406. The first kappa shape index (κ1) is 13.2. The van der Waals surface area contributed by atoms with Crippen molar-refractivity contribution in [2.75, 3.05) is 0 Å². The molecule has 0 saturated heterocycles. The predicted molar refractivity (Wildman–Crippen MR) is 76.3 cm³/mol. The van der Waals surface area contributed by atoms with Gasteiger partial charge in [-0.3, -0.25) is 5.10 Å². The predicted octanol–water partition coefficient (Wildman–Crippen LogP) is 3.92. The van der Waals surface area contributed by atoms with E-state index in [1.54, 1.807) is 0 Å². The highest BCUT2D eigenvalue weighted by Crippen LogP contribution is 2.47. The lowest BCUT2D eigenvalue weighted by atomic mass is 9.92. The number of H-pyrrole nitrogens is 1. The zero-order chi connectivity index (χ0) is 13.6. The van der Waals surface area contributed by atoms with Gasteiger partial charge in [0.05, 0.1) is 23.1 Å². The number of nitrogens with one attached hydrogen (secondary N) is 1. The quantitative estimate of drug-likeness (QED) is 0.877. The Bertz CT molecular complexity index is 454. The molecular weight excluding hydrogens is 222 g/mol. The summed E-state index contributed by atoms with van der Waals surface area (Å²) in [6.07, 6.45) is 0. The minimum atomic E-state index is 0.406. The number of aromatic amines is 1. The molecule has 1 unspecified atom stereocenters. The highest BCUT2D eigenvalue weighted by molar-refractivity contribution is 5.69. The average molecular weight is 247 g/mol. The van der Waals surface area contributed by atoms with E-state index in [-0.39, 0.29) is 0 Å². The fraction of sp³-hybridized carbons (Fsp3) is 0.667. The van der Waals surface area contributed by atoms with Crippen molar-refractivity contribution in [2.24, 2.45) is 5.92 Å². The van der Waals surface area contributed by atoms with E-state index in [9.17, 15) is 0 Å². The number of fused-ring (bicyclic) bond motifs is 1. The fourth-order valence-corrected chi connectivity index (χ4v) is 3.05. The molecular formula is C15H25N3. The number of hydrogen-bond acceptors (Lipinski definition) is 2. The second kappa shape index (κ2) is 4.45. The minimum Gasteiger partial charge on any atom is -0.360 e. The van der Waals surface area contributed by atoms with Crippen molar-refractivity contribution in [3.63, 3.8) is 0 Å². The monoisotopic (exact) mass is 247 g/mol. The smallest absolute Gasteiger partial charge is 0.0861 e. The summed E-state index contributed by atoms with van der Waals surface area (Å²) in [5.41, 5.74) is 4.82. The van der Waals surface area contributed by atoms with Crippen LogP contribution in [0.1, 0.15) is 70.5 Å². The average Bonchev–Trinajstić information content (AvgIpc) is 2.76. The molecule has 18 heavy (non-hydrogen) atoms. The normalized spacial score (nSPS) is 19.5. The Morgan fingerprint density at radius 2 is 1.78 bits per heavy atom. The lowest BCUT2D eigenvalue weighted by Crippen LogP contribution is -2.31. The van der Waals surface area contributed by atoms with Gasteiger partial charge in [0.2, 0.25) is 0 Å². The van der Waals surface area contributed by atoms with E-state index in [1.807, 2.05) is 0 Å². The van der Waals surface area contributed by atoms with Crippen LogP contribution in [0.25, 0.3) is 5.70 Å². The van der Waals surface area contributed by atoms with Crippen LogP contribution in [0.4, 0.5) is 0 Å². The summed E-state index contributed by atoms with van der Waals surface area (Å²) in [5, 5.41) is 7.70. The van der Waals surface area contributed by atoms with Gasteiger partial charge in [0.15, 0.2) is 0 Å². The Morgan fingerprint density at radius 3 is 2.22 bits per heavy atom. The molecule has 0 aromatic carbocycles. The summed E-state index contributed by atoms with van der Waals surface area (Å²) >= 11 is 0. The van der Waals surface area contributed by atoms with E-state index >= 15 is 0 Å². The van der Waals surface area contributed by atoms with Crippen LogP contribution in [0, 0.1) is 5.92 Å². The maximum atomic E-state index is 4.50. The molecule has 0 radical (unpaired) electrons. The molecule has 0 bridgehead atoms. The topological polar surface area (TPSA) is 31.9 Å². The van der Waals surface area contributed by atoms with Gasteiger partial charge in [-0.05, 0) is 25.7 Å². The van der Waals surface area contributed by atoms with E-state index < -0.39 is 0 Å². The van der Waals surface area contributed by atoms with Crippen molar-refractivity contribution in [3.8, 4) is 0 Å². The summed E-state index contributed by atoms with van der Waals surface area (Å²) in [7, 11) is 0. The third kappa shape index (κ3) is 1.76. The van der Waals surface area contributed by atoms with Gasteiger partial charge < -0.3 is 4.90 Å². The molecule has 3 nitrogen and oxygen atoms in total. The van der Waals surface area contributed by atoms with Gasteiger partial charge in [0.1, 0.15) is 0 Å². The zero-order valence-corrected chi connectivity index (χ0v) is 12.4. The van der Waals surface area contributed by atoms with E-state index in [0.29, 0.717) is 23.9 Å². The van der Waals surface area contributed by atoms with Gasteiger partial charge in [0.25, 0.3) is 0 Å². The SMILES string of the molecule is C=C1c2[nH]nc(C(C)C)c2C(C(C)C)N1C(C)C. The Balaban J connectivity index is 2.56. The van der Waals surface area contributed by atoms with Gasteiger partial charge in [-0.1, -0.05) is 34.3 Å². The largest absolute Gasteiger partial charge is 0.360 e. The van der Waals surface area contributed by atoms with Crippen molar-refractivity contribution < 1.29 is 0 Å². The number of hydrogen-bond donors (Lipinski definition) is 1. The molecule has 3 heteroatoms. The highest BCUT2D eigenvalue weighted by atomic mass is 15.3. The first-order chi connectivity index (χ1) is 8.36. The molecule has 1 aromatic heterocycles. The van der Waals surface area contributed by atoms with Gasteiger partial charge in [0, 0.05) is 11.6 Å². The molecule has 1 atom stereocenters. The molecule has 0 fully saturated rings. The summed E-state index contributed by atoms with van der Waals surface area (Å²) in [4.78, 5) is 2.43. The van der Waals surface area contributed by atoms with Crippen LogP contribution >= 0.6 is 0 Å². The maximum Gasteiger partial charge on any atom is 0.0861 e. The molecule has 1 aliphatic heterocycles. The molecule has 100 valence electrons. The zero-order valence-electron chi connectivity index (χ0n) is 12.4. The van der Waals surface area contributed by atoms with E-state index in [0.717, 1.165) is 11.4 Å². The Labute approximate surface area is 110 Å². The van der Waals surface area contributed by atoms with E-state index in [2.05, 4.69) is 63.2 Å². The lowest BCUT2D eigenvalue weighted by molar-refractivity contribution is 0.210. The Hall–Kier alpha value is -1.25. The molecule has 0 saturated carbocycles. The molecule has 1 aromatic rings. The third-order valence-electron chi connectivity index (χ3n) is 3.76. The van der Waals surface area contributed by atoms with Crippen molar-refractivity contribution in [2.45, 2.75) is 59.5 Å². The second-order valence-corrected chi connectivity index (χ2v) is 6.19. The van der Waals surface area contributed by atoms with Crippen molar-refractivity contribution in [3.05, 3.63) is 23.5 Å². The molecule has 0 spiro atoms. The van der Waals surface area contributed by atoms with Gasteiger partial charge in [-0.15, -0.1) is 0 Å². The van der Waals surface area contributed by atoms with Crippen LogP contribution < -0.4 is 0 Å². The fourth-order valence-electron chi connectivity index (χ4n) is 3.05. The molecule has 2 rings (SSSR count). The summed E-state index contributed by atoms with van der Waals surface area (Å²) in [5.74, 6) is 1.01. The van der Waals surface area contributed by atoms with Crippen LogP contribution in [0.3, 0.4) is 0 Å². The van der Waals surface area contributed by atoms with Crippen LogP contribution in [-0.2, 0) is 0 Å². The molecule has 1 N–H and O–H groups in total. The van der Waals surface area contributed by atoms with Gasteiger partial charge in [-0.2, -0.15) is 5.10 Å². The Morgan fingerprint density at radius 1 is 1.17 bits per heavy atom. The molecule has 0 amide bonds. The molecule has 1 aliphatic rings. The van der Waals surface area contributed by atoms with E-state index in [4.69, 9.17) is 0 Å². The third-order valence-corrected chi connectivity index (χ3v) is 3.76. The standard InChI is InChI=1S/C15H25N3/c1-8(2)13-12-14(17-16-13)11(7)18(10(5)6)15(12)9(3)4/h8-10,15H,7H2,1-6H3,(H,16,17). The first-order valence-electron chi connectivity index (χ1n) is 6.92. The van der Waals surface area contributed by atoms with Crippen LogP contribution in [0.5, 0.6) is 0 Å². The van der Waals surface area contributed by atoms with Crippen molar-refractivity contribution in [1.29, 1.82) is 0 Å². The Kier molecular flexibility index (Phi) is 3.26. The van der Waals surface area contributed by atoms with Crippen molar-refractivity contribution >= 4 is 5.70 Å². The number of rotatable bonds is 3. The molecule has 2 heterocycles. The lowest BCUT2D eigenvalue weighted by Gasteiger charge is -2.34. The summed E-state index contributed by atoms with van der Waals surface area (Å²) in [6, 6.07) is 0.870. The first-order valence-corrected chi connectivity index (χ1v) is 6.92. The van der Waals surface area contributed by atoms with E-state index in [1.165, 1.54) is 11.3 Å². The van der Waals surface area contributed by atoms with Crippen LogP contribution in [-0.4, -0.2) is 21.1 Å². The summed E-state index contributed by atoms with van der Waals surface area (Å²) in [6.45, 7) is 17.7. The number of aromatic nitrogens is 2. The second-order valence-electron chi connectivity index (χ2n) is 6.19. The number of nitrogens with zero attached hydrogens (tertiary/aromatic N) is 2. The molecule has 0 aliphatic carbocycles.